The highest BCUT2D eigenvalue weighted by Gasteiger charge is 2.35. The summed E-state index contributed by atoms with van der Waals surface area (Å²) in [5.41, 5.74) is 18.0. The highest BCUT2D eigenvalue weighted by molar-refractivity contribution is 5.64. The first kappa shape index (κ1) is 39.0. The number of nitrogens with one attached hydrogen (secondary N) is 3. The number of aliphatic hydroxyl groups is 2. The number of aromatic nitrogens is 10. The van der Waals surface area contributed by atoms with Crippen LogP contribution >= 0.6 is 0 Å². The molecule has 4 atom stereocenters. The zero-order valence-corrected chi connectivity index (χ0v) is 33.2. The quantitative estimate of drug-likeness (QED) is 0.0778. The SMILES string of the molecule is CCc1cnn2c(NCc3cnc(N)nc3)cc(N[C@H]3CCC(c4nn5c(NCc6cnc(N)nc6)cc(N6CCCC[C@H]6CCO)nc5c4CC)C[C@H]3CO)nc12. The number of hydrogen-bond donors (Lipinski definition) is 7. The maximum absolute atomic E-state index is 10.9. The molecule has 0 radical (unpaired) electrons. The largest absolute Gasteiger partial charge is 0.396 e. The van der Waals surface area contributed by atoms with Crippen LogP contribution in [-0.2, 0) is 25.9 Å². The summed E-state index contributed by atoms with van der Waals surface area (Å²) in [6.07, 6.45) is 16.7. The van der Waals surface area contributed by atoms with Gasteiger partial charge in [0.15, 0.2) is 11.3 Å². The fourth-order valence-corrected chi connectivity index (χ4v) is 8.61. The van der Waals surface area contributed by atoms with Crippen molar-refractivity contribution in [1.82, 2.24) is 49.1 Å². The summed E-state index contributed by atoms with van der Waals surface area (Å²) in [5, 5.41) is 41.5. The van der Waals surface area contributed by atoms with Crippen molar-refractivity contribution in [2.45, 2.75) is 103 Å². The molecule has 18 heteroatoms. The number of aryl methyl sites for hydroxylation is 2. The Bertz CT molecular complexity index is 2310. The fraction of sp³-hybridized carbons (Fsp3) is 0.500. The van der Waals surface area contributed by atoms with Crippen LogP contribution in [0.15, 0.2) is 43.1 Å². The second kappa shape index (κ2) is 17.3. The number of aliphatic hydroxyl groups excluding tert-OH is 2. The Hall–Kier alpha value is -5.88. The van der Waals surface area contributed by atoms with Crippen LogP contribution < -0.4 is 32.3 Å². The summed E-state index contributed by atoms with van der Waals surface area (Å²) in [7, 11) is 0. The minimum absolute atomic E-state index is 0.00343. The normalized spacial score (nSPS) is 19.8. The Morgan fingerprint density at radius 3 is 2.16 bits per heavy atom. The van der Waals surface area contributed by atoms with E-state index in [1.54, 1.807) is 24.8 Å². The molecule has 1 saturated heterocycles. The van der Waals surface area contributed by atoms with Crippen molar-refractivity contribution in [3.8, 4) is 0 Å². The van der Waals surface area contributed by atoms with Gasteiger partial charge in [-0.1, -0.05) is 13.8 Å². The van der Waals surface area contributed by atoms with Crippen molar-refractivity contribution in [3.63, 3.8) is 0 Å². The van der Waals surface area contributed by atoms with E-state index in [0.29, 0.717) is 19.5 Å². The van der Waals surface area contributed by atoms with Gasteiger partial charge in [0.25, 0.3) is 0 Å². The Labute approximate surface area is 336 Å². The van der Waals surface area contributed by atoms with E-state index in [1.165, 1.54) is 0 Å². The lowest BCUT2D eigenvalue weighted by molar-refractivity contribution is 0.166. The predicted octanol–water partition coefficient (Wildman–Crippen LogP) is 3.96. The predicted molar refractivity (Wildman–Crippen MR) is 224 cm³/mol. The Kier molecular flexibility index (Phi) is 11.6. The van der Waals surface area contributed by atoms with Crippen LogP contribution in [0.3, 0.4) is 0 Å². The van der Waals surface area contributed by atoms with E-state index in [4.69, 9.17) is 26.5 Å². The molecular weight excluding hydrogens is 737 g/mol. The van der Waals surface area contributed by atoms with Gasteiger partial charge in [0, 0.05) is 116 Å². The van der Waals surface area contributed by atoms with Gasteiger partial charge < -0.3 is 42.5 Å². The highest BCUT2D eigenvalue weighted by Crippen LogP contribution is 2.40. The number of rotatable bonds is 15. The van der Waals surface area contributed by atoms with Crippen LogP contribution in [0.1, 0.15) is 92.7 Å². The van der Waals surface area contributed by atoms with Crippen molar-refractivity contribution >= 4 is 46.5 Å². The summed E-state index contributed by atoms with van der Waals surface area (Å²) in [6.45, 7) is 6.26. The Balaban J connectivity index is 1.07. The molecule has 1 unspecified atom stereocenters. The Morgan fingerprint density at radius 1 is 0.793 bits per heavy atom. The number of hydrogen-bond acceptors (Lipinski definition) is 16. The number of nitrogens with zero attached hydrogens (tertiary/aromatic N) is 11. The van der Waals surface area contributed by atoms with E-state index in [-0.39, 0.29) is 49.0 Å². The van der Waals surface area contributed by atoms with E-state index < -0.39 is 0 Å². The highest BCUT2D eigenvalue weighted by atomic mass is 16.3. The third-order valence-corrected chi connectivity index (χ3v) is 11.7. The topological polar surface area (TPSA) is 244 Å². The first-order valence-electron chi connectivity index (χ1n) is 20.5. The lowest BCUT2D eigenvalue weighted by atomic mass is 9.76. The van der Waals surface area contributed by atoms with Gasteiger partial charge in [-0.3, -0.25) is 0 Å². The molecule has 2 fully saturated rings. The molecule has 9 N–H and O–H groups in total. The zero-order valence-electron chi connectivity index (χ0n) is 33.2. The van der Waals surface area contributed by atoms with Crippen molar-refractivity contribution in [3.05, 3.63) is 71.1 Å². The molecule has 1 aliphatic carbocycles. The van der Waals surface area contributed by atoms with E-state index in [0.717, 1.165) is 120 Å². The van der Waals surface area contributed by atoms with E-state index in [9.17, 15) is 10.2 Å². The summed E-state index contributed by atoms with van der Waals surface area (Å²) in [4.78, 5) is 29.3. The van der Waals surface area contributed by atoms with Gasteiger partial charge in [-0.2, -0.15) is 19.2 Å². The van der Waals surface area contributed by atoms with Gasteiger partial charge in [-0.05, 0) is 57.8 Å². The molecule has 1 saturated carbocycles. The van der Waals surface area contributed by atoms with E-state index in [1.807, 2.05) is 21.3 Å². The molecule has 7 heterocycles. The van der Waals surface area contributed by atoms with Gasteiger partial charge in [0.05, 0.1) is 11.9 Å². The van der Waals surface area contributed by atoms with Crippen LogP contribution in [0.25, 0.3) is 11.3 Å². The Morgan fingerprint density at radius 2 is 1.50 bits per heavy atom. The molecule has 0 spiro atoms. The molecule has 2 aliphatic rings. The summed E-state index contributed by atoms with van der Waals surface area (Å²) in [6, 6.07) is 4.26. The lowest BCUT2D eigenvalue weighted by Gasteiger charge is -2.36. The molecule has 306 valence electrons. The molecule has 0 aromatic carbocycles. The maximum Gasteiger partial charge on any atom is 0.219 e. The average molecular weight is 791 g/mol. The van der Waals surface area contributed by atoms with E-state index >= 15 is 0 Å². The molecule has 58 heavy (non-hydrogen) atoms. The molecule has 8 rings (SSSR count). The van der Waals surface area contributed by atoms with Crippen LogP contribution in [-0.4, -0.2) is 91.2 Å². The molecule has 6 aromatic rings. The van der Waals surface area contributed by atoms with Crippen molar-refractivity contribution in [1.29, 1.82) is 0 Å². The first-order chi connectivity index (χ1) is 28.3. The number of piperidine rings is 1. The van der Waals surface area contributed by atoms with E-state index in [2.05, 4.69) is 65.8 Å². The van der Waals surface area contributed by atoms with Crippen LogP contribution in [0.4, 0.5) is 35.2 Å². The second-order valence-corrected chi connectivity index (χ2v) is 15.4. The molecule has 0 amide bonds. The first-order valence-corrected chi connectivity index (χ1v) is 20.5. The zero-order chi connectivity index (χ0) is 40.2. The third kappa shape index (κ3) is 8.11. The second-order valence-electron chi connectivity index (χ2n) is 15.4. The van der Waals surface area contributed by atoms with Gasteiger partial charge in [-0.15, -0.1) is 0 Å². The molecule has 18 nitrogen and oxygen atoms in total. The maximum atomic E-state index is 10.9. The van der Waals surface area contributed by atoms with Crippen molar-refractivity contribution in [2.75, 3.05) is 52.1 Å². The molecule has 1 aliphatic heterocycles. The number of fused-ring (bicyclic) bond motifs is 2. The third-order valence-electron chi connectivity index (χ3n) is 11.7. The summed E-state index contributed by atoms with van der Waals surface area (Å²) >= 11 is 0. The summed E-state index contributed by atoms with van der Waals surface area (Å²) < 4.78 is 3.77. The van der Waals surface area contributed by atoms with Gasteiger partial charge in [0.2, 0.25) is 11.9 Å². The lowest BCUT2D eigenvalue weighted by Crippen LogP contribution is -2.40. The van der Waals surface area contributed by atoms with Crippen molar-refractivity contribution in [2.24, 2.45) is 5.92 Å². The number of anilines is 6. The van der Waals surface area contributed by atoms with Gasteiger partial charge in [0.1, 0.15) is 23.3 Å². The summed E-state index contributed by atoms with van der Waals surface area (Å²) in [5.74, 6) is 3.76. The van der Waals surface area contributed by atoms with Gasteiger partial charge >= 0.3 is 0 Å². The minimum atomic E-state index is -0.0376. The van der Waals surface area contributed by atoms with Crippen LogP contribution in [0.2, 0.25) is 0 Å². The molecular formula is C40H54N16O2. The van der Waals surface area contributed by atoms with Gasteiger partial charge in [-0.25, -0.2) is 29.9 Å². The number of nitrogen functional groups attached to an aromatic ring is 2. The fourth-order valence-electron chi connectivity index (χ4n) is 8.61. The monoisotopic (exact) mass is 790 g/mol. The smallest absolute Gasteiger partial charge is 0.219 e. The van der Waals surface area contributed by atoms with Crippen molar-refractivity contribution < 1.29 is 10.2 Å². The molecule has 0 bridgehead atoms. The van der Waals surface area contributed by atoms with Crippen LogP contribution in [0, 0.1) is 5.92 Å². The standard InChI is InChI=1S/C40H54N16O2/c1-3-26-22-49-55-33(43-16-24-18-45-39(41)46-19-24)14-32(51-37(26)55)50-31-9-8-27(13-28(31)23-58)36-30(4-2)38-52-35(54-11-6-5-7-29(54)10-12-57)15-34(56(38)53-36)44-17-25-20-47-40(42)48-21-25/h14-15,18-22,27-29,31,43-44,57-58H,3-13,16-17,23H2,1-2H3,(H,50,51)(H2,41,45,46)(H2,42,47,48)/t27?,28-,29-,31-/m0/s1. The average Bonchev–Trinajstić information content (AvgIpc) is 3.85. The molecule has 6 aromatic heterocycles. The number of nitrogens with two attached hydrogens (primary N) is 2. The van der Waals surface area contributed by atoms with Crippen LogP contribution in [0.5, 0.6) is 0 Å². The minimum Gasteiger partial charge on any atom is -0.396 e.